The van der Waals surface area contributed by atoms with Crippen LogP contribution in [0.5, 0.6) is 0 Å². The smallest absolute Gasteiger partial charge is 0.289 e. The van der Waals surface area contributed by atoms with Crippen molar-refractivity contribution in [2.24, 2.45) is 5.84 Å². The number of amides is 1. The molecule has 0 aliphatic heterocycles. The summed E-state index contributed by atoms with van der Waals surface area (Å²) in [6, 6.07) is 8.78. The van der Waals surface area contributed by atoms with Gasteiger partial charge in [0.05, 0.1) is 6.04 Å². The van der Waals surface area contributed by atoms with Crippen LogP contribution in [0.1, 0.15) is 18.9 Å². The number of nitrogens with two attached hydrogens (primary N) is 1. The van der Waals surface area contributed by atoms with E-state index < -0.39 is 17.7 Å². The Hall–Kier alpha value is -1.72. The van der Waals surface area contributed by atoms with Crippen LogP contribution >= 0.6 is 0 Å². The molecule has 1 atom stereocenters. The Morgan fingerprint density at radius 1 is 1.29 bits per heavy atom. The summed E-state index contributed by atoms with van der Waals surface area (Å²) in [4.78, 5) is 23.1. The average molecular weight is 235 g/mol. The highest BCUT2D eigenvalue weighted by molar-refractivity contribution is 6.38. The Labute approximate surface area is 100 Å². The molecule has 5 nitrogen and oxygen atoms in total. The summed E-state index contributed by atoms with van der Waals surface area (Å²) < 4.78 is 0. The van der Waals surface area contributed by atoms with E-state index in [4.69, 9.17) is 5.84 Å². The number of nitrogens with one attached hydrogen (secondary N) is 2. The number of benzene rings is 1. The van der Waals surface area contributed by atoms with Crippen LogP contribution in [-0.2, 0) is 16.1 Å². The molecule has 1 rings (SSSR count). The first kappa shape index (κ1) is 13.3. The van der Waals surface area contributed by atoms with Gasteiger partial charge in [0.2, 0.25) is 5.78 Å². The number of carbonyl (C=O) groups is 2. The molecule has 1 aromatic rings. The van der Waals surface area contributed by atoms with E-state index in [1.54, 1.807) is 6.92 Å². The maximum Gasteiger partial charge on any atom is 0.289 e. The van der Waals surface area contributed by atoms with Crippen LogP contribution in [0.4, 0.5) is 0 Å². The highest BCUT2D eigenvalue weighted by atomic mass is 16.2. The van der Waals surface area contributed by atoms with Gasteiger partial charge in [-0.05, 0) is 12.0 Å². The standard InChI is InChI=1S/C12H17N3O2/c1-2-10(15-13)11(16)12(17)14-8-9-6-4-3-5-7-9/h3-7,10,15H,2,8,13H2,1H3,(H,14,17). The average Bonchev–Trinajstić information content (AvgIpc) is 2.38. The summed E-state index contributed by atoms with van der Waals surface area (Å²) in [5.74, 6) is 4.03. The van der Waals surface area contributed by atoms with Gasteiger partial charge < -0.3 is 5.32 Å². The zero-order valence-electron chi connectivity index (χ0n) is 9.77. The minimum Gasteiger partial charge on any atom is -0.345 e. The summed E-state index contributed by atoms with van der Waals surface area (Å²) >= 11 is 0. The van der Waals surface area contributed by atoms with Crippen LogP contribution in [0.3, 0.4) is 0 Å². The highest BCUT2D eigenvalue weighted by Gasteiger charge is 2.21. The number of hydrogen-bond donors (Lipinski definition) is 3. The maximum absolute atomic E-state index is 11.6. The van der Waals surface area contributed by atoms with Crippen LogP contribution in [0.25, 0.3) is 0 Å². The molecule has 4 N–H and O–H groups in total. The Morgan fingerprint density at radius 2 is 1.94 bits per heavy atom. The predicted octanol–water partition coefficient (Wildman–Crippen LogP) is 0.114. The molecule has 5 heteroatoms. The van der Waals surface area contributed by atoms with E-state index in [1.807, 2.05) is 30.3 Å². The van der Waals surface area contributed by atoms with E-state index in [9.17, 15) is 9.59 Å². The lowest BCUT2D eigenvalue weighted by molar-refractivity contribution is -0.139. The molecule has 0 heterocycles. The second-order valence-corrected chi connectivity index (χ2v) is 3.66. The quantitative estimate of drug-likeness (QED) is 0.371. The van der Waals surface area contributed by atoms with E-state index in [1.165, 1.54) is 0 Å². The van der Waals surface area contributed by atoms with Crippen molar-refractivity contribution in [2.75, 3.05) is 0 Å². The second kappa shape index (κ2) is 6.78. The molecule has 1 amide bonds. The van der Waals surface area contributed by atoms with Gasteiger partial charge in [0.25, 0.3) is 5.91 Å². The molecule has 0 aliphatic rings. The van der Waals surface area contributed by atoms with Crippen molar-refractivity contribution in [2.45, 2.75) is 25.9 Å². The van der Waals surface area contributed by atoms with Crippen LogP contribution in [0, 0.1) is 0 Å². The number of rotatable bonds is 6. The van der Waals surface area contributed by atoms with E-state index in [0.29, 0.717) is 13.0 Å². The molecule has 0 radical (unpaired) electrons. The molecule has 0 aromatic heterocycles. The minimum atomic E-state index is -0.620. The molecule has 0 spiro atoms. The van der Waals surface area contributed by atoms with Crippen molar-refractivity contribution >= 4 is 11.7 Å². The van der Waals surface area contributed by atoms with E-state index in [2.05, 4.69) is 10.7 Å². The SMILES string of the molecule is CCC(NN)C(=O)C(=O)NCc1ccccc1. The monoisotopic (exact) mass is 235 g/mol. The van der Waals surface area contributed by atoms with Crippen molar-refractivity contribution in [3.8, 4) is 0 Å². The molecule has 0 saturated carbocycles. The van der Waals surface area contributed by atoms with Gasteiger partial charge in [0.1, 0.15) is 0 Å². The lowest BCUT2D eigenvalue weighted by Crippen LogP contribution is -2.47. The molecule has 1 unspecified atom stereocenters. The van der Waals surface area contributed by atoms with Crippen LogP contribution < -0.4 is 16.6 Å². The molecule has 17 heavy (non-hydrogen) atoms. The predicted molar refractivity (Wildman–Crippen MR) is 64.7 cm³/mol. The summed E-state index contributed by atoms with van der Waals surface area (Å²) in [6.07, 6.45) is 0.480. The van der Waals surface area contributed by atoms with Gasteiger partial charge in [0, 0.05) is 6.54 Å². The van der Waals surface area contributed by atoms with Crippen molar-refractivity contribution in [1.82, 2.24) is 10.7 Å². The van der Waals surface area contributed by atoms with Crippen molar-refractivity contribution < 1.29 is 9.59 Å². The first-order valence-corrected chi connectivity index (χ1v) is 5.51. The zero-order chi connectivity index (χ0) is 12.7. The van der Waals surface area contributed by atoms with Crippen LogP contribution in [-0.4, -0.2) is 17.7 Å². The molecular weight excluding hydrogens is 218 g/mol. The fourth-order valence-electron chi connectivity index (χ4n) is 1.40. The van der Waals surface area contributed by atoms with Gasteiger partial charge in [-0.3, -0.25) is 15.4 Å². The Balaban J connectivity index is 2.47. The molecule has 0 aliphatic carbocycles. The first-order chi connectivity index (χ1) is 8.19. The van der Waals surface area contributed by atoms with Crippen molar-refractivity contribution in [1.29, 1.82) is 0 Å². The van der Waals surface area contributed by atoms with E-state index in [-0.39, 0.29) is 0 Å². The van der Waals surface area contributed by atoms with E-state index in [0.717, 1.165) is 5.56 Å². The fourth-order valence-corrected chi connectivity index (χ4v) is 1.40. The summed E-state index contributed by atoms with van der Waals surface area (Å²) in [7, 11) is 0. The maximum atomic E-state index is 11.6. The third-order valence-electron chi connectivity index (χ3n) is 2.45. The Kier molecular flexibility index (Phi) is 5.32. The van der Waals surface area contributed by atoms with E-state index >= 15 is 0 Å². The van der Waals surface area contributed by atoms with Crippen LogP contribution in [0.15, 0.2) is 30.3 Å². The first-order valence-electron chi connectivity index (χ1n) is 5.51. The van der Waals surface area contributed by atoms with Crippen LogP contribution in [0.2, 0.25) is 0 Å². The summed E-state index contributed by atoms with van der Waals surface area (Å²) in [5, 5.41) is 2.56. The van der Waals surface area contributed by atoms with Gasteiger partial charge >= 0.3 is 0 Å². The van der Waals surface area contributed by atoms with Crippen molar-refractivity contribution in [3.63, 3.8) is 0 Å². The van der Waals surface area contributed by atoms with Gasteiger partial charge in [-0.15, -0.1) is 0 Å². The number of carbonyl (C=O) groups excluding carboxylic acids is 2. The van der Waals surface area contributed by atoms with Gasteiger partial charge in [-0.2, -0.15) is 0 Å². The largest absolute Gasteiger partial charge is 0.345 e. The lowest BCUT2D eigenvalue weighted by Gasteiger charge is -2.11. The molecule has 0 bridgehead atoms. The normalized spacial score (nSPS) is 11.9. The molecule has 92 valence electrons. The Bertz CT molecular complexity index is 375. The van der Waals surface area contributed by atoms with Gasteiger partial charge in [0.15, 0.2) is 0 Å². The van der Waals surface area contributed by atoms with Crippen molar-refractivity contribution in [3.05, 3.63) is 35.9 Å². The number of hydrogen-bond acceptors (Lipinski definition) is 4. The highest BCUT2D eigenvalue weighted by Crippen LogP contribution is 1.98. The third-order valence-corrected chi connectivity index (χ3v) is 2.45. The lowest BCUT2D eigenvalue weighted by atomic mass is 10.1. The molecule has 1 aromatic carbocycles. The minimum absolute atomic E-state index is 0.340. The fraction of sp³-hybridized carbons (Fsp3) is 0.333. The van der Waals surface area contributed by atoms with Gasteiger partial charge in [-0.1, -0.05) is 37.3 Å². The number of hydrazine groups is 1. The molecular formula is C12H17N3O2. The Morgan fingerprint density at radius 3 is 2.47 bits per heavy atom. The third kappa shape index (κ3) is 3.97. The number of Topliss-reactive ketones (excluding diaryl/α,β-unsaturated/α-hetero) is 1. The zero-order valence-corrected chi connectivity index (χ0v) is 9.77. The van der Waals surface area contributed by atoms with Gasteiger partial charge in [-0.25, -0.2) is 5.43 Å². The summed E-state index contributed by atoms with van der Waals surface area (Å²) in [5.41, 5.74) is 3.27. The molecule has 0 fully saturated rings. The summed E-state index contributed by atoms with van der Waals surface area (Å²) in [6.45, 7) is 2.12. The molecule has 0 saturated heterocycles. The topological polar surface area (TPSA) is 84.2 Å². The number of ketones is 1. The second-order valence-electron chi connectivity index (χ2n) is 3.66.